The molecule has 1 N–H and O–H groups in total. The highest BCUT2D eigenvalue weighted by molar-refractivity contribution is 5.54. The van der Waals surface area contributed by atoms with E-state index in [0.29, 0.717) is 6.04 Å². The Balaban J connectivity index is 1.73. The fourth-order valence-electron chi connectivity index (χ4n) is 3.14. The van der Waals surface area contributed by atoms with Gasteiger partial charge in [0.05, 0.1) is 0 Å². The lowest BCUT2D eigenvalue weighted by Gasteiger charge is -2.30. The molecule has 0 bridgehead atoms. The largest absolute Gasteiger partial charge is 0.367 e. The van der Waals surface area contributed by atoms with Gasteiger partial charge in [-0.15, -0.1) is 0 Å². The number of rotatable bonds is 6. The van der Waals surface area contributed by atoms with Gasteiger partial charge in [0.2, 0.25) is 0 Å². The summed E-state index contributed by atoms with van der Waals surface area (Å²) in [5.74, 6) is 0. The SMILES string of the molecule is CN(C)CC1CCCN1c1ccncc1CNC1CC1. The van der Waals surface area contributed by atoms with E-state index in [9.17, 15) is 0 Å². The van der Waals surface area contributed by atoms with Crippen LogP contribution in [0.5, 0.6) is 0 Å². The molecule has 1 aromatic rings. The average Bonchev–Trinajstić information content (AvgIpc) is 3.16. The predicted molar refractivity (Wildman–Crippen MR) is 83.0 cm³/mol. The Morgan fingerprint density at radius 1 is 1.35 bits per heavy atom. The van der Waals surface area contributed by atoms with Crippen molar-refractivity contribution in [1.82, 2.24) is 15.2 Å². The Hall–Kier alpha value is -1.13. The molecule has 4 heteroatoms. The van der Waals surface area contributed by atoms with Crippen LogP contribution in [0.4, 0.5) is 5.69 Å². The monoisotopic (exact) mass is 274 g/mol. The zero-order chi connectivity index (χ0) is 13.9. The molecule has 4 nitrogen and oxygen atoms in total. The maximum absolute atomic E-state index is 4.32. The summed E-state index contributed by atoms with van der Waals surface area (Å²) in [7, 11) is 4.33. The molecule has 1 aliphatic carbocycles. The molecule has 1 aromatic heterocycles. The molecular formula is C16H26N4. The summed E-state index contributed by atoms with van der Waals surface area (Å²) >= 11 is 0. The number of hydrogen-bond acceptors (Lipinski definition) is 4. The molecule has 1 aliphatic heterocycles. The zero-order valence-electron chi connectivity index (χ0n) is 12.7. The number of pyridine rings is 1. The number of likely N-dealkylation sites (N-methyl/N-ethyl adjacent to an activating group) is 1. The third-order valence-corrected chi connectivity index (χ3v) is 4.30. The highest BCUT2D eigenvalue weighted by atomic mass is 15.2. The smallest absolute Gasteiger partial charge is 0.0445 e. The van der Waals surface area contributed by atoms with E-state index >= 15 is 0 Å². The molecule has 0 amide bonds. The number of anilines is 1. The van der Waals surface area contributed by atoms with Crippen molar-refractivity contribution >= 4 is 5.69 Å². The van der Waals surface area contributed by atoms with Crippen molar-refractivity contribution in [3.05, 3.63) is 24.0 Å². The van der Waals surface area contributed by atoms with E-state index in [1.54, 1.807) is 0 Å². The third kappa shape index (κ3) is 3.30. The Kier molecular flexibility index (Phi) is 4.22. The second kappa shape index (κ2) is 6.10. The van der Waals surface area contributed by atoms with E-state index in [1.807, 2.05) is 12.4 Å². The first-order chi connectivity index (χ1) is 9.74. The molecule has 0 spiro atoms. The van der Waals surface area contributed by atoms with Crippen molar-refractivity contribution in [3.63, 3.8) is 0 Å². The van der Waals surface area contributed by atoms with Crippen LogP contribution in [0.15, 0.2) is 18.5 Å². The maximum Gasteiger partial charge on any atom is 0.0445 e. The summed E-state index contributed by atoms with van der Waals surface area (Å²) in [5, 5.41) is 3.62. The van der Waals surface area contributed by atoms with Gasteiger partial charge in [-0.1, -0.05) is 0 Å². The van der Waals surface area contributed by atoms with Gasteiger partial charge < -0.3 is 15.1 Å². The lowest BCUT2D eigenvalue weighted by molar-refractivity contribution is 0.372. The van der Waals surface area contributed by atoms with Crippen LogP contribution in [0.2, 0.25) is 0 Å². The minimum absolute atomic E-state index is 0.645. The average molecular weight is 274 g/mol. The van der Waals surface area contributed by atoms with Gasteiger partial charge >= 0.3 is 0 Å². The van der Waals surface area contributed by atoms with E-state index in [-0.39, 0.29) is 0 Å². The highest BCUT2D eigenvalue weighted by Gasteiger charge is 2.27. The Morgan fingerprint density at radius 3 is 2.95 bits per heavy atom. The molecule has 2 heterocycles. The summed E-state index contributed by atoms with van der Waals surface area (Å²) in [6.07, 6.45) is 9.24. The first kappa shape index (κ1) is 13.8. The summed E-state index contributed by atoms with van der Waals surface area (Å²) in [4.78, 5) is 9.21. The van der Waals surface area contributed by atoms with Gasteiger partial charge in [-0.25, -0.2) is 0 Å². The molecule has 1 atom stereocenters. The van der Waals surface area contributed by atoms with Crippen LogP contribution in [0.25, 0.3) is 0 Å². The molecular weight excluding hydrogens is 248 g/mol. The topological polar surface area (TPSA) is 31.4 Å². The van der Waals surface area contributed by atoms with Crippen molar-refractivity contribution in [2.24, 2.45) is 0 Å². The van der Waals surface area contributed by atoms with Gasteiger partial charge in [0, 0.05) is 55.4 Å². The quantitative estimate of drug-likeness (QED) is 0.858. The summed E-state index contributed by atoms with van der Waals surface area (Å²) in [5.41, 5.74) is 2.74. The first-order valence-corrected chi connectivity index (χ1v) is 7.81. The standard InChI is InChI=1S/C16H26N4/c1-19(2)12-15-4-3-9-20(15)16-7-8-17-10-13(16)11-18-14-5-6-14/h7-8,10,14-15,18H,3-6,9,11-12H2,1-2H3. The minimum Gasteiger partial charge on any atom is -0.367 e. The van der Waals surface area contributed by atoms with E-state index in [2.05, 4.69) is 40.3 Å². The fourth-order valence-corrected chi connectivity index (χ4v) is 3.14. The fraction of sp³-hybridized carbons (Fsp3) is 0.688. The van der Waals surface area contributed by atoms with E-state index < -0.39 is 0 Å². The van der Waals surface area contributed by atoms with E-state index in [0.717, 1.165) is 19.1 Å². The van der Waals surface area contributed by atoms with Crippen molar-refractivity contribution in [2.45, 2.75) is 44.3 Å². The Morgan fingerprint density at radius 2 is 2.20 bits per heavy atom. The summed E-state index contributed by atoms with van der Waals surface area (Å²) in [6, 6.07) is 3.59. The van der Waals surface area contributed by atoms with Gasteiger partial charge in [-0.05, 0) is 45.8 Å². The molecule has 110 valence electrons. The third-order valence-electron chi connectivity index (χ3n) is 4.30. The van der Waals surface area contributed by atoms with Crippen molar-refractivity contribution in [3.8, 4) is 0 Å². The van der Waals surface area contributed by atoms with Crippen LogP contribution < -0.4 is 10.2 Å². The van der Waals surface area contributed by atoms with Gasteiger partial charge in [-0.3, -0.25) is 4.98 Å². The lowest BCUT2D eigenvalue weighted by atomic mass is 10.1. The molecule has 2 fully saturated rings. The molecule has 3 rings (SSSR count). The van der Waals surface area contributed by atoms with Gasteiger partial charge in [0.15, 0.2) is 0 Å². The first-order valence-electron chi connectivity index (χ1n) is 7.81. The minimum atomic E-state index is 0.645. The number of nitrogens with zero attached hydrogens (tertiary/aromatic N) is 3. The Bertz CT molecular complexity index is 442. The van der Waals surface area contributed by atoms with Crippen LogP contribution >= 0.6 is 0 Å². The number of hydrogen-bond donors (Lipinski definition) is 1. The molecule has 1 unspecified atom stereocenters. The van der Waals surface area contributed by atoms with Crippen LogP contribution in [0.1, 0.15) is 31.2 Å². The number of nitrogens with one attached hydrogen (secondary N) is 1. The second-order valence-electron chi connectivity index (χ2n) is 6.41. The van der Waals surface area contributed by atoms with Crippen LogP contribution in [-0.2, 0) is 6.54 Å². The highest BCUT2D eigenvalue weighted by Crippen LogP contribution is 2.29. The van der Waals surface area contributed by atoms with Gasteiger partial charge in [0.1, 0.15) is 0 Å². The molecule has 2 aliphatic rings. The molecule has 0 radical (unpaired) electrons. The van der Waals surface area contributed by atoms with Crippen molar-refractivity contribution in [1.29, 1.82) is 0 Å². The normalized spacial score (nSPS) is 22.8. The zero-order valence-corrected chi connectivity index (χ0v) is 12.7. The van der Waals surface area contributed by atoms with Crippen LogP contribution in [0, 0.1) is 0 Å². The van der Waals surface area contributed by atoms with Crippen LogP contribution in [-0.4, -0.2) is 49.2 Å². The second-order valence-corrected chi connectivity index (χ2v) is 6.41. The summed E-state index contributed by atoms with van der Waals surface area (Å²) < 4.78 is 0. The molecule has 0 aromatic carbocycles. The molecule has 1 saturated heterocycles. The maximum atomic E-state index is 4.32. The van der Waals surface area contributed by atoms with E-state index in [4.69, 9.17) is 0 Å². The Labute approximate surface area is 122 Å². The van der Waals surface area contributed by atoms with E-state index in [1.165, 1.54) is 43.5 Å². The number of aromatic nitrogens is 1. The van der Waals surface area contributed by atoms with Gasteiger partial charge in [0.25, 0.3) is 0 Å². The summed E-state index contributed by atoms with van der Waals surface area (Å²) in [6.45, 7) is 3.27. The van der Waals surface area contributed by atoms with Crippen molar-refractivity contribution < 1.29 is 0 Å². The van der Waals surface area contributed by atoms with Crippen molar-refractivity contribution in [2.75, 3.05) is 32.1 Å². The lowest BCUT2D eigenvalue weighted by Crippen LogP contribution is -2.38. The molecule has 1 saturated carbocycles. The molecule has 20 heavy (non-hydrogen) atoms. The predicted octanol–water partition coefficient (Wildman–Crippen LogP) is 1.86. The van der Waals surface area contributed by atoms with Crippen LogP contribution in [0.3, 0.4) is 0 Å². The van der Waals surface area contributed by atoms with Gasteiger partial charge in [-0.2, -0.15) is 0 Å².